The molecule has 0 amide bonds. The summed E-state index contributed by atoms with van der Waals surface area (Å²) in [6.07, 6.45) is 3.01. The lowest BCUT2D eigenvalue weighted by molar-refractivity contribution is 0.103. The zero-order valence-corrected chi connectivity index (χ0v) is 13.7. The molecule has 1 N–H and O–H groups in total. The van der Waals surface area contributed by atoms with E-state index >= 15 is 4.39 Å². The largest absolute Gasteiger partial charge is 0.307 e. The maximum Gasteiger partial charge on any atom is 0.197 e. The molecule has 2 aromatic carbocycles. The van der Waals surface area contributed by atoms with Crippen LogP contribution >= 0.6 is 11.6 Å². The van der Waals surface area contributed by atoms with Gasteiger partial charge in [-0.25, -0.2) is 4.39 Å². The van der Waals surface area contributed by atoms with Crippen molar-refractivity contribution in [1.29, 1.82) is 0 Å². The molecule has 1 saturated carbocycles. The summed E-state index contributed by atoms with van der Waals surface area (Å²) < 4.78 is 15.0. The van der Waals surface area contributed by atoms with Crippen LogP contribution in [0.1, 0.15) is 53.7 Å². The molecule has 1 unspecified atom stereocenters. The van der Waals surface area contributed by atoms with E-state index in [0.29, 0.717) is 17.2 Å². The van der Waals surface area contributed by atoms with Crippen LogP contribution in [0.15, 0.2) is 42.5 Å². The molecule has 0 aliphatic heterocycles. The Bertz CT molecular complexity index is 713. The normalized spacial score (nSPS) is 15.4. The van der Waals surface area contributed by atoms with Crippen LogP contribution in [0.5, 0.6) is 0 Å². The minimum Gasteiger partial charge on any atom is -0.307 e. The Hall–Kier alpha value is -1.71. The van der Waals surface area contributed by atoms with Gasteiger partial charge in [-0.05, 0) is 25.3 Å². The molecule has 0 spiro atoms. The van der Waals surface area contributed by atoms with Crippen molar-refractivity contribution >= 4 is 17.4 Å². The zero-order chi connectivity index (χ0) is 16.4. The maximum absolute atomic E-state index is 15.0. The Morgan fingerprint density at radius 2 is 1.96 bits per heavy atom. The Morgan fingerprint density at radius 1 is 1.26 bits per heavy atom. The third kappa shape index (κ3) is 3.46. The number of carbonyl (C=O) groups excluding carboxylic acids is 1. The quantitative estimate of drug-likeness (QED) is 0.762. The van der Waals surface area contributed by atoms with Gasteiger partial charge in [-0.2, -0.15) is 0 Å². The van der Waals surface area contributed by atoms with Crippen LogP contribution in [0.25, 0.3) is 0 Å². The maximum atomic E-state index is 15.0. The molecular weight excluding hydrogens is 313 g/mol. The van der Waals surface area contributed by atoms with E-state index in [-0.39, 0.29) is 22.4 Å². The highest BCUT2D eigenvalue weighted by atomic mass is 35.5. The van der Waals surface area contributed by atoms with Gasteiger partial charge in [0, 0.05) is 23.2 Å². The molecule has 2 nitrogen and oxygen atoms in total. The van der Waals surface area contributed by atoms with Crippen molar-refractivity contribution in [3.63, 3.8) is 0 Å². The highest BCUT2D eigenvalue weighted by Crippen LogP contribution is 2.32. The molecule has 1 fully saturated rings. The van der Waals surface area contributed by atoms with Crippen molar-refractivity contribution in [2.24, 2.45) is 0 Å². The number of nitrogens with one attached hydrogen (secondary N) is 1. The molecule has 1 atom stereocenters. The number of rotatable bonds is 6. The van der Waals surface area contributed by atoms with Gasteiger partial charge in [0.1, 0.15) is 5.82 Å². The first-order chi connectivity index (χ1) is 11.1. The number of hydrogen-bond donors (Lipinski definition) is 1. The predicted molar refractivity (Wildman–Crippen MR) is 90.5 cm³/mol. The van der Waals surface area contributed by atoms with Gasteiger partial charge in [-0.3, -0.25) is 4.79 Å². The summed E-state index contributed by atoms with van der Waals surface area (Å²) in [6.45, 7) is 2.01. The van der Waals surface area contributed by atoms with Gasteiger partial charge in [0.2, 0.25) is 0 Å². The van der Waals surface area contributed by atoms with Gasteiger partial charge in [-0.1, -0.05) is 54.9 Å². The molecule has 0 heterocycles. The number of benzene rings is 2. The molecule has 2 aromatic rings. The van der Waals surface area contributed by atoms with Crippen LogP contribution in [-0.2, 0) is 0 Å². The van der Waals surface area contributed by atoms with Crippen molar-refractivity contribution in [2.75, 3.05) is 0 Å². The molecule has 0 bridgehead atoms. The van der Waals surface area contributed by atoms with E-state index in [4.69, 9.17) is 11.6 Å². The standard InChI is InChI=1S/C19H19ClFNO/c1-2-16(22-13-8-9-13)14-10-11-15(20)17(18(14)21)19(23)12-6-4-3-5-7-12/h3-7,10-11,13,16,22H,2,8-9H2,1H3. The summed E-state index contributed by atoms with van der Waals surface area (Å²) in [5, 5.41) is 3.58. The van der Waals surface area contributed by atoms with E-state index in [1.807, 2.05) is 13.0 Å². The molecule has 4 heteroatoms. The van der Waals surface area contributed by atoms with Crippen molar-refractivity contribution in [3.8, 4) is 0 Å². The summed E-state index contributed by atoms with van der Waals surface area (Å²) in [5.41, 5.74) is 0.920. The molecule has 1 aliphatic carbocycles. The monoisotopic (exact) mass is 331 g/mol. The van der Waals surface area contributed by atoms with Crippen molar-refractivity contribution < 1.29 is 9.18 Å². The predicted octanol–water partition coefficient (Wildman–Crippen LogP) is 4.91. The Balaban J connectivity index is 1.99. The first-order valence-electron chi connectivity index (χ1n) is 7.95. The lowest BCUT2D eigenvalue weighted by Gasteiger charge is -2.19. The minimum atomic E-state index is -0.508. The third-order valence-electron chi connectivity index (χ3n) is 4.18. The van der Waals surface area contributed by atoms with Gasteiger partial charge >= 0.3 is 0 Å². The van der Waals surface area contributed by atoms with Gasteiger partial charge in [-0.15, -0.1) is 0 Å². The molecule has 0 saturated heterocycles. The molecule has 23 heavy (non-hydrogen) atoms. The first-order valence-corrected chi connectivity index (χ1v) is 8.33. The summed E-state index contributed by atoms with van der Waals surface area (Å²) in [5.74, 6) is -0.887. The van der Waals surface area contributed by atoms with Crippen LogP contribution in [0.3, 0.4) is 0 Å². The summed E-state index contributed by atoms with van der Waals surface area (Å²) in [6, 6.07) is 12.3. The molecule has 0 radical (unpaired) electrons. The number of halogens is 2. The van der Waals surface area contributed by atoms with Crippen LogP contribution in [0.4, 0.5) is 4.39 Å². The number of hydrogen-bond acceptors (Lipinski definition) is 2. The molecule has 1 aliphatic rings. The van der Waals surface area contributed by atoms with Crippen LogP contribution < -0.4 is 5.32 Å². The molecule has 120 valence electrons. The fourth-order valence-corrected chi connectivity index (χ4v) is 2.97. The number of ketones is 1. The average molecular weight is 332 g/mol. The second kappa shape index (κ2) is 6.81. The van der Waals surface area contributed by atoms with Crippen LogP contribution in [0, 0.1) is 5.82 Å². The van der Waals surface area contributed by atoms with Gasteiger partial charge in [0.05, 0.1) is 10.6 Å². The second-order valence-electron chi connectivity index (χ2n) is 5.92. The Labute approximate surface area is 140 Å². The summed E-state index contributed by atoms with van der Waals surface area (Å²) in [7, 11) is 0. The summed E-state index contributed by atoms with van der Waals surface area (Å²) in [4.78, 5) is 12.6. The van der Waals surface area contributed by atoms with E-state index in [2.05, 4.69) is 5.32 Å². The Morgan fingerprint density at radius 3 is 2.57 bits per heavy atom. The van der Waals surface area contributed by atoms with E-state index in [1.165, 1.54) is 0 Å². The topological polar surface area (TPSA) is 29.1 Å². The molecular formula is C19H19ClFNO. The van der Waals surface area contributed by atoms with Crippen molar-refractivity contribution in [1.82, 2.24) is 5.32 Å². The fourth-order valence-electron chi connectivity index (χ4n) is 2.74. The van der Waals surface area contributed by atoms with Crippen LogP contribution in [0.2, 0.25) is 5.02 Å². The molecule has 0 aromatic heterocycles. The van der Waals surface area contributed by atoms with Gasteiger partial charge in [0.25, 0.3) is 0 Å². The zero-order valence-electron chi connectivity index (χ0n) is 13.0. The lowest BCUT2D eigenvalue weighted by Crippen LogP contribution is -2.24. The lowest BCUT2D eigenvalue weighted by atomic mass is 9.96. The van der Waals surface area contributed by atoms with E-state index in [9.17, 15) is 4.79 Å². The smallest absolute Gasteiger partial charge is 0.197 e. The molecule has 3 rings (SSSR count). The summed E-state index contributed by atoms with van der Waals surface area (Å²) >= 11 is 6.13. The number of carbonyl (C=O) groups is 1. The van der Waals surface area contributed by atoms with Gasteiger partial charge < -0.3 is 5.32 Å². The fraction of sp³-hybridized carbons (Fsp3) is 0.316. The van der Waals surface area contributed by atoms with Crippen molar-refractivity contribution in [3.05, 3.63) is 70.0 Å². The highest BCUT2D eigenvalue weighted by molar-refractivity contribution is 6.35. The Kier molecular flexibility index (Phi) is 4.79. The average Bonchev–Trinajstić information content (AvgIpc) is 3.38. The van der Waals surface area contributed by atoms with Crippen LogP contribution in [-0.4, -0.2) is 11.8 Å². The van der Waals surface area contributed by atoms with Gasteiger partial charge in [0.15, 0.2) is 5.78 Å². The first kappa shape index (κ1) is 16.2. The minimum absolute atomic E-state index is 0.0357. The SMILES string of the molecule is CCC(NC1CC1)c1ccc(Cl)c(C(=O)c2ccccc2)c1F. The van der Waals surface area contributed by atoms with E-state index in [0.717, 1.165) is 19.3 Å². The van der Waals surface area contributed by atoms with E-state index in [1.54, 1.807) is 36.4 Å². The van der Waals surface area contributed by atoms with E-state index < -0.39 is 5.82 Å². The highest BCUT2D eigenvalue weighted by Gasteiger charge is 2.28. The second-order valence-corrected chi connectivity index (χ2v) is 6.33. The third-order valence-corrected chi connectivity index (χ3v) is 4.50. The van der Waals surface area contributed by atoms with Crippen molar-refractivity contribution in [2.45, 2.75) is 38.3 Å².